The zero-order valence-corrected chi connectivity index (χ0v) is 12.7. The topological polar surface area (TPSA) is 82.1 Å². The summed E-state index contributed by atoms with van der Waals surface area (Å²) >= 11 is 0. The van der Waals surface area contributed by atoms with Gasteiger partial charge in [-0.3, -0.25) is 9.59 Å². The van der Waals surface area contributed by atoms with Crippen molar-refractivity contribution in [3.8, 4) is 11.5 Å². The molecule has 1 N–H and O–H groups in total. The lowest BCUT2D eigenvalue weighted by Gasteiger charge is -2.19. The molecule has 0 fully saturated rings. The minimum absolute atomic E-state index is 0.0133. The molecule has 2 rings (SSSR count). The highest BCUT2D eigenvalue weighted by Crippen LogP contribution is 2.44. The van der Waals surface area contributed by atoms with Gasteiger partial charge in [0.2, 0.25) is 0 Å². The minimum atomic E-state index is -0.555. The number of esters is 1. The Kier molecular flexibility index (Phi) is 4.51. The summed E-state index contributed by atoms with van der Waals surface area (Å²) in [6.07, 6.45) is -1.05. The zero-order chi connectivity index (χ0) is 16.4. The van der Waals surface area contributed by atoms with Gasteiger partial charge in [0.25, 0.3) is 0 Å². The zero-order valence-electron chi connectivity index (χ0n) is 12.7. The molecule has 0 saturated carbocycles. The van der Waals surface area contributed by atoms with Gasteiger partial charge >= 0.3 is 5.97 Å². The number of rotatable bonds is 5. The summed E-state index contributed by atoms with van der Waals surface area (Å²) in [6.45, 7) is 6.54. The predicted molar refractivity (Wildman–Crippen MR) is 78.1 cm³/mol. The number of fused-ring (bicyclic) bond motifs is 1. The maximum Gasteiger partial charge on any atom is 0.302 e. The van der Waals surface area contributed by atoms with Crippen LogP contribution in [0, 0.1) is 0 Å². The highest BCUT2D eigenvalue weighted by atomic mass is 16.6. The van der Waals surface area contributed by atoms with Gasteiger partial charge in [0.15, 0.2) is 11.9 Å². The lowest BCUT2D eigenvalue weighted by Crippen LogP contribution is -2.25. The number of carbonyl (C=O) groups excluding carboxylic acids is 2. The van der Waals surface area contributed by atoms with Crippen LogP contribution in [0.15, 0.2) is 24.3 Å². The first-order chi connectivity index (χ1) is 10.3. The quantitative estimate of drug-likeness (QED) is 0.510. The largest absolute Gasteiger partial charge is 0.507 e. The average molecular weight is 306 g/mol. The third kappa shape index (κ3) is 2.96. The molecule has 0 bridgehead atoms. The molecule has 0 aliphatic carbocycles. The van der Waals surface area contributed by atoms with Gasteiger partial charge in [-0.25, -0.2) is 0 Å². The first kappa shape index (κ1) is 16.0. The second-order valence-electron chi connectivity index (χ2n) is 5.10. The summed E-state index contributed by atoms with van der Waals surface area (Å²) in [5.41, 5.74) is 1.33. The van der Waals surface area contributed by atoms with E-state index in [4.69, 9.17) is 14.2 Å². The van der Waals surface area contributed by atoms with Crippen LogP contribution in [0.5, 0.6) is 11.5 Å². The van der Waals surface area contributed by atoms with Gasteiger partial charge in [0, 0.05) is 25.2 Å². The molecular weight excluding hydrogens is 288 g/mol. The predicted octanol–water partition coefficient (Wildman–Crippen LogP) is 2.16. The third-order valence-corrected chi connectivity index (χ3v) is 3.46. The van der Waals surface area contributed by atoms with Crippen molar-refractivity contribution in [1.29, 1.82) is 0 Å². The fraction of sp³-hybridized carbons (Fsp3) is 0.375. The third-order valence-electron chi connectivity index (χ3n) is 3.46. The van der Waals surface area contributed by atoms with Crippen molar-refractivity contribution in [2.75, 3.05) is 13.7 Å². The number of Topliss-reactive ketones (excluding diaryl/α,β-unsaturated/α-hetero) is 1. The Hall–Kier alpha value is -2.34. The van der Waals surface area contributed by atoms with Gasteiger partial charge in [-0.15, -0.1) is 0 Å². The lowest BCUT2D eigenvalue weighted by molar-refractivity contribution is -0.140. The van der Waals surface area contributed by atoms with E-state index in [1.807, 2.05) is 0 Å². The molecule has 0 saturated heterocycles. The first-order valence-electron chi connectivity index (χ1n) is 6.73. The van der Waals surface area contributed by atoms with E-state index in [0.717, 1.165) is 0 Å². The summed E-state index contributed by atoms with van der Waals surface area (Å²) in [5, 5.41) is 9.94. The van der Waals surface area contributed by atoms with Gasteiger partial charge in [-0.2, -0.15) is 0 Å². The van der Waals surface area contributed by atoms with Crippen molar-refractivity contribution in [1.82, 2.24) is 0 Å². The van der Waals surface area contributed by atoms with E-state index in [9.17, 15) is 14.7 Å². The Bertz CT molecular complexity index is 634. The van der Waals surface area contributed by atoms with Crippen molar-refractivity contribution in [2.45, 2.75) is 26.1 Å². The molecule has 0 spiro atoms. The minimum Gasteiger partial charge on any atom is -0.507 e. The van der Waals surface area contributed by atoms with E-state index in [2.05, 4.69) is 6.58 Å². The van der Waals surface area contributed by atoms with Gasteiger partial charge in [0.1, 0.15) is 24.2 Å². The fourth-order valence-electron chi connectivity index (χ4n) is 2.38. The van der Waals surface area contributed by atoms with Crippen molar-refractivity contribution in [3.05, 3.63) is 35.4 Å². The SMILES string of the molecule is C=C(COC(C)=O)[C@@H]1Oc2cc(C(C)=O)c(O)cc2[C@H]1OC. The maximum atomic E-state index is 11.5. The molecule has 0 amide bonds. The Labute approximate surface area is 128 Å². The number of hydrogen-bond donors (Lipinski definition) is 1. The molecule has 1 aliphatic rings. The number of methoxy groups -OCH3 is 1. The van der Waals surface area contributed by atoms with E-state index in [1.54, 1.807) is 0 Å². The Morgan fingerprint density at radius 1 is 1.36 bits per heavy atom. The van der Waals surface area contributed by atoms with E-state index in [0.29, 0.717) is 16.9 Å². The number of benzene rings is 1. The van der Waals surface area contributed by atoms with Crippen molar-refractivity contribution >= 4 is 11.8 Å². The van der Waals surface area contributed by atoms with E-state index >= 15 is 0 Å². The molecule has 0 aromatic heterocycles. The average Bonchev–Trinajstić information content (AvgIpc) is 2.81. The second kappa shape index (κ2) is 6.19. The Morgan fingerprint density at radius 2 is 2.05 bits per heavy atom. The monoisotopic (exact) mass is 306 g/mol. The number of carbonyl (C=O) groups is 2. The van der Waals surface area contributed by atoms with Gasteiger partial charge in [-0.1, -0.05) is 6.58 Å². The summed E-state index contributed by atoms with van der Waals surface area (Å²) < 4.78 is 16.1. The number of ketones is 1. The molecule has 6 heteroatoms. The standard InChI is InChI=1S/C16H18O6/c1-8(7-21-10(3)18)15-16(20-4)12-5-13(19)11(9(2)17)6-14(12)22-15/h5-6,15-16,19H,1,7H2,2-4H3/t15-,16+/m0/s1. The molecular formula is C16H18O6. The molecule has 1 heterocycles. The second-order valence-corrected chi connectivity index (χ2v) is 5.10. The summed E-state index contributed by atoms with van der Waals surface area (Å²) in [7, 11) is 1.51. The van der Waals surface area contributed by atoms with Crippen molar-refractivity contribution < 1.29 is 28.9 Å². The highest BCUT2D eigenvalue weighted by molar-refractivity contribution is 5.97. The van der Waals surface area contributed by atoms with Gasteiger partial charge < -0.3 is 19.3 Å². The van der Waals surface area contributed by atoms with Crippen LogP contribution in [-0.4, -0.2) is 36.7 Å². The Morgan fingerprint density at radius 3 is 2.59 bits per heavy atom. The number of aromatic hydroxyl groups is 1. The van der Waals surface area contributed by atoms with Gasteiger partial charge in [0.05, 0.1) is 5.56 Å². The molecule has 6 nitrogen and oxygen atoms in total. The number of phenols is 1. The van der Waals surface area contributed by atoms with Crippen LogP contribution in [0.2, 0.25) is 0 Å². The summed E-state index contributed by atoms with van der Waals surface area (Å²) in [5.74, 6) is -0.353. The van der Waals surface area contributed by atoms with Crippen LogP contribution in [0.1, 0.15) is 35.9 Å². The van der Waals surface area contributed by atoms with Crippen molar-refractivity contribution in [2.24, 2.45) is 0 Å². The number of ether oxygens (including phenoxy) is 3. The molecule has 0 radical (unpaired) electrons. The van der Waals surface area contributed by atoms with Crippen LogP contribution >= 0.6 is 0 Å². The molecule has 0 unspecified atom stereocenters. The van der Waals surface area contributed by atoms with Crippen LogP contribution in [-0.2, 0) is 14.3 Å². The number of phenolic OH excluding ortho intramolecular Hbond substituents is 1. The smallest absolute Gasteiger partial charge is 0.302 e. The molecule has 1 aromatic rings. The lowest BCUT2D eigenvalue weighted by atomic mass is 9.99. The normalized spacial score (nSPS) is 19.2. The maximum absolute atomic E-state index is 11.5. The summed E-state index contributed by atoms with van der Waals surface area (Å²) in [4.78, 5) is 22.4. The van der Waals surface area contributed by atoms with Crippen LogP contribution in [0.25, 0.3) is 0 Å². The van der Waals surface area contributed by atoms with E-state index in [1.165, 1.54) is 33.1 Å². The molecule has 22 heavy (non-hydrogen) atoms. The van der Waals surface area contributed by atoms with E-state index in [-0.39, 0.29) is 23.7 Å². The molecule has 118 valence electrons. The fourth-order valence-corrected chi connectivity index (χ4v) is 2.38. The highest BCUT2D eigenvalue weighted by Gasteiger charge is 2.37. The molecule has 1 aromatic carbocycles. The van der Waals surface area contributed by atoms with Gasteiger partial charge in [-0.05, 0) is 19.1 Å². The first-order valence-corrected chi connectivity index (χ1v) is 6.73. The molecule has 2 atom stereocenters. The van der Waals surface area contributed by atoms with Crippen molar-refractivity contribution in [3.63, 3.8) is 0 Å². The Balaban J connectivity index is 2.29. The van der Waals surface area contributed by atoms with Crippen LogP contribution < -0.4 is 4.74 Å². The summed E-state index contributed by atoms with van der Waals surface area (Å²) in [6, 6.07) is 2.94. The van der Waals surface area contributed by atoms with E-state index < -0.39 is 18.2 Å². The van der Waals surface area contributed by atoms with Crippen LogP contribution in [0.3, 0.4) is 0 Å². The number of hydrogen-bond acceptors (Lipinski definition) is 6. The van der Waals surface area contributed by atoms with Crippen LogP contribution in [0.4, 0.5) is 0 Å². The molecule has 1 aliphatic heterocycles.